The molecule has 5 heterocycles. The molecule has 2 N–H and O–H groups in total. The minimum Gasteiger partial charge on any atom is -0.354 e. The fourth-order valence-corrected chi connectivity index (χ4v) is 8.05. The van der Waals surface area contributed by atoms with E-state index in [1.54, 1.807) is 6.08 Å². The highest BCUT2D eigenvalue weighted by atomic mass is 79.9. The maximum absolute atomic E-state index is 12.9. The fraction of sp³-hybridized carbons (Fsp3) is 0. The van der Waals surface area contributed by atoms with Gasteiger partial charge in [0.15, 0.2) is 5.69 Å². The first-order valence-corrected chi connectivity index (χ1v) is 18.5. The second kappa shape index (κ2) is 13.4. The molecular formula is C44H27Br2N5O2. The van der Waals surface area contributed by atoms with Gasteiger partial charge in [0.05, 0.1) is 31.0 Å². The van der Waals surface area contributed by atoms with Gasteiger partial charge in [-0.15, -0.1) is 0 Å². The van der Waals surface area contributed by atoms with Crippen molar-refractivity contribution >= 4 is 74.7 Å². The van der Waals surface area contributed by atoms with Crippen molar-refractivity contribution in [3.8, 4) is 44.5 Å². The highest BCUT2D eigenvalue weighted by Crippen LogP contribution is 2.47. The maximum Gasteiger partial charge on any atom is 0.297 e. The Hall–Kier alpha value is -6.16. The lowest BCUT2D eigenvalue weighted by Crippen LogP contribution is -1.98. The highest BCUT2D eigenvalue weighted by Gasteiger charge is 2.30. The van der Waals surface area contributed by atoms with Gasteiger partial charge in [-0.1, -0.05) is 121 Å². The van der Waals surface area contributed by atoms with Gasteiger partial charge in [0.1, 0.15) is 0 Å². The summed E-state index contributed by atoms with van der Waals surface area (Å²) >= 11 is 7.87. The quantitative estimate of drug-likeness (QED) is 0.133. The molecule has 7 aromatic rings. The average Bonchev–Trinajstić information content (AvgIpc) is 4.01. The Kier molecular flexibility index (Phi) is 8.29. The van der Waals surface area contributed by atoms with Crippen molar-refractivity contribution in [2.75, 3.05) is 0 Å². The summed E-state index contributed by atoms with van der Waals surface area (Å²) in [6, 6.07) is 47.8. The molecule has 7 nitrogen and oxygen atoms in total. The zero-order valence-corrected chi connectivity index (χ0v) is 31.0. The molecule has 0 atom stereocenters. The van der Waals surface area contributed by atoms with E-state index >= 15 is 0 Å². The fourth-order valence-electron chi connectivity index (χ4n) is 7.10. The standard InChI is InChI=1S/C44H27Br2N5O2/c45-40-41(46)44-39(29-19-11-4-12-20-29)33-24-23-31(48-33)37(27-15-7-2-8-16-27)42-35(51(52)53)25-34(49-42)36(26-13-5-1-6-14-26)30-21-22-32(47-30)38(43(40)50-44)28-17-9-3-10-18-28/h1-25,47-48H. The van der Waals surface area contributed by atoms with Gasteiger partial charge >= 0.3 is 0 Å². The first-order valence-electron chi connectivity index (χ1n) is 16.9. The number of hydrogen-bond acceptors (Lipinski definition) is 4. The third-order valence-electron chi connectivity index (χ3n) is 9.44. The first kappa shape index (κ1) is 32.7. The summed E-state index contributed by atoms with van der Waals surface area (Å²) in [7, 11) is 0. The Labute approximate surface area is 320 Å². The van der Waals surface area contributed by atoms with Crippen LogP contribution in [0.3, 0.4) is 0 Å². The minimum absolute atomic E-state index is 0.0862. The molecule has 9 rings (SSSR count). The lowest BCUT2D eigenvalue weighted by atomic mass is 10.0. The second-order valence-electron chi connectivity index (χ2n) is 12.6. The SMILES string of the molecule is O=[N+]([O-])C1=Cc2nc1c(-c1ccccc1)c1ccc([nH]1)c(-c1ccccc1)c1nc(c(-c3ccccc3)c3ccc([nH]3)c2-c2ccccc2)C(Br)=C1Br. The van der Waals surface area contributed by atoms with Gasteiger partial charge in [-0.3, -0.25) is 10.1 Å². The van der Waals surface area contributed by atoms with Crippen LogP contribution in [0.1, 0.15) is 22.8 Å². The predicted octanol–water partition coefficient (Wildman–Crippen LogP) is 12.4. The summed E-state index contributed by atoms with van der Waals surface area (Å²) in [6.45, 7) is 0. The first-order chi connectivity index (χ1) is 26.0. The molecule has 0 radical (unpaired) electrons. The van der Waals surface area contributed by atoms with Crippen LogP contribution in [0.2, 0.25) is 0 Å². The van der Waals surface area contributed by atoms with Crippen LogP contribution in [0.4, 0.5) is 0 Å². The molecule has 254 valence electrons. The number of halogens is 2. The van der Waals surface area contributed by atoms with Crippen molar-refractivity contribution in [2.24, 2.45) is 0 Å². The summed E-state index contributed by atoms with van der Waals surface area (Å²) in [5.41, 5.74) is 11.9. The molecule has 9 heteroatoms. The number of fused-ring (bicyclic) bond motifs is 8. The topological polar surface area (TPSA) is 100 Å². The molecular weight excluding hydrogens is 790 g/mol. The molecule has 0 spiro atoms. The number of aromatic amines is 2. The molecule has 0 amide bonds. The van der Waals surface area contributed by atoms with Crippen molar-refractivity contribution in [1.82, 2.24) is 19.9 Å². The van der Waals surface area contributed by atoms with Gasteiger partial charge in [-0.25, -0.2) is 9.97 Å². The number of nitrogens with one attached hydrogen (secondary N) is 2. The zero-order valence-electron chi connectivity index (χ0n) is 27.8. The summed E-state index contributed by atoms with van der Waals surface area (Å²) in [5.74, 6) is 0. The zero-order chi connectivity index (χ0) is 36.1. The number of aromatic nitrogens is 4. The largest absolute Gasteiger partial charge is 0.354 e. The van der Waals surface area contributed by atoms with Crippen LogP contribution in [0.25, 0.3) is 87.3 Å². The van der Waals surface area contributed by atoms with Gasteiger partial charge in [0.25, 0.3) is 5.70 Å². The van der Waals surface area contributed by atoms with Crippen LogP contribution in [0.5, 0.6) is 0 Å². The van der Waals surface area contributed by atoms with Gasteiger partial charge < -0.3 is 9.97 Å². The number of nitrogens with zero attached hydrogens (tertiary/aromatic N) is 3. The van der Waals surface area contributed by atoms with Crippen LogP contribution in [-0.2, 0) is 0 Å². The lowest BCUT2D eigenvalue weighted by Gasteiger charge is -2.07. The van der Waals surface area contributed by atoms with Crippen LogP contribution < -0.4 is 0 Å². The predicted molar refractivity (Wildman–Crippen MR) is 222 cm³/mol. The molecule has 0 saturated heterocycles. The summed E-state index contributed by atoms with van der Waals surface area (Å²) in [5, 5.41) is 12.9. The van der Waals surface area contributed by atoms with Gasteiger partial charge in [-0.05, 0) is 78.4 Å². The molecule has 2 aliphatic rings. The lowest BCUT2D eigenvalue weighted by molar-refractivity contribution is -0.374. The molecule has 2 aliphatic heterocycles. The van der Waals surface area contributed by atoms with Crippen LogP contribution in [0.15, 0.2) is 146 Å². The number of H-pyrrole nitrogens is 2. The van der Waals surface area contributed by atoms with Crippen LogP contribution in [0, 0.1) is 10.1 Å². The minimum atomic E-state index is -0.345. The van der Waals surface area contributed by atoms with E-state index in [1.807, 2.05) is 121 Å². The molecule has 3 aromatic heterocycles. The van der Waals surface area contributed by atoms with Gasteiger partial charge in [0.2, 0.25) is 0 Å². The number of nitro groups is 1. The van der Waals surface area contributed by atoms with Crippen LogP contribution in [-0.4, -0.2) is 24.9 Å². The Morgan fingerprint density at radius 2 is 0.792 bits per heavy atom. The molecule has 0 saturated carbocycles. The molecule has 0 aliphatic carbocycles. The normalized spacial score (nSPS) is 12.5. The Morgan fingerprint density at radius 3 is 1.17 bits per heavy atom. The Balaban J connectivity index is 1.55. The number of benzene rings is 4. The van der Waals surface area contributed by atoms with E-state index in [-0.39, 0.29) is 16.3 Å². The van der Waals surface area contributed by atoms with E-state index in [4.69, 9.17) is 9.97 Å². The highest BCUT2D eigenvalue weighted by molar-refractivity contribution is 9.18. The van der Waals surface area contributed by atoms with Gasteiger partial charge in [-0.2, -0.15) is 0 Å². The second-order valence-corrected chi connectivity index (χ2v) is 14.2. The Morgan fingerprint density at radius 1 is 0.453 bits per heavy atom. The summed E-state index contributed by atoms with van der Waals surface area (Å²) in [6.07, 6.45) is 1.59. The van der Waals surface area contributed by atoms with Crippen molar-refractivity contribution in [3.63, 3.8) is 0 Å². The van der Waals surface area contributed by atoms with Crippen molar-refractivity contribution < 1.29 is 4.92 Å². The number of hydrogen-bond donors (Lipinski definition) is 2. The van der Waals surface area contributed by atoms with E-state index in [2.05, 4.69) is 66.1 Å². The third kappa shape index (κ3) is 5.74. The molecule has 4 aromatic carbocycles. The average molecular weight is 818 g/mol. The smallest absolute Gasteiger partial charge is 0.297 e. The van der Waals surface area contributed by atoms with E-state index in [9.17, 15) is 10.1 Å². The van der Waals surface area contributed by atoms with Crippen LogP contribution >= 0.6 is 31.9 Å². The molecule has 0 fully saturated rings. The third-order valence-corrected chi connectivity index (χ3v) is 11.5. The van der Waals surface area contributed by atoms with Gasteiger partial charge in [0, 0.05) is 50.4 Å². The monoisotopic (exact) mass is 815 g/mol. The van der Waals surface area contributed by atoms with E-state index < -0.39 is 0 Å². The summed E-state index contributed by atoms with van der Waals surface area (Å²) < 4.78 is 1.61. The van der Waals surface area contributed by atoms with E-state index in [0.29, 0.717) is 16.8 Å². The molecule has 8 bridgehead atoms. The molecule has 53 heavy (non-hydrogen) atoms. The van der Waals surface area contributed by atoms with Crippen molar-refractivity contribution in [1.29, 1.82) is 0 Å². The van der Waals surface area contributed by atoms with E-state index in [0.717, 1.165) is 75.8 Å². The molecule has 0 unspecified atom stereocenters. The van der Waals surface area contributed by atoms with Crippen molar-refractivity contribution in [2.45, 2.75) is 0 Å². The maximum atomic E-state index is 12.9. The van der Waals surface area contributed by atoms with Crippen molar-refractivity contribution in [3.05, 3.63) is 178 Å². The Bertz CT molecular complexity index is 2810. The van der Waals surface area contributed by atoms with E-state index in [1.165, 1.54) is 0 Å². The number of rotatable bonds is 5. The summed E-state index contributed by atoms with van der Waals surface area (Å²) in [4.78, 5) is 30.5.